The number of nitrogens with two attached hydrogens (primary N) is 1. The predicted molar refractivity (Wildman–Crippen MR) is 88.7 cm³/mol. The van der Waals surface area contributed by atoms with E-state index in [2.05, 4.69) is 9.97 Å². The van der Waals surface area contributed by atoms with Crippen LogP contribution in [-0.2, 0) is 13.6 Å². The third-order valence-corrected chi connectivity index (χ3v) is 4.70. The van der Waals surface area contributed by atoms with Crippen LogP contribution in [0, 0.1) is 0 Å². The van der Waals surface area contributed by atoms with E-state index in [0.29, 0.717) is 0 Å². The lowest BCUT2D eigenvalue weighted by Crippen LogP contribution is -2.28. The fourth-order valence-electron chi connectivity index (χ4n) is 2.03. The van der Waals surface area contributed by atoms with Crippen LogP contribution >= 0.6 is 7.60 Å². The Balaban J connectivity index is 2.52. The number of rotatable bonds is 6. The van der Waals surface area contributed by atoms with Crippen LogP contribution in [0.5, 0.6) is 0 Å². The lowest BCUT2D eigenvalue weighted by Gasteiger charge is -2.12. The van der Waals surface area contributed by atoms with E-state index in [1.54, 1.807) is 13.8 Å². The number of anilines is 1. The number of hydrogen-bond acceptors (Lipinski definition) is 8. The van der Waals surface area contributed by atoms with Crippen LogP contribution in [0.15, 0.2) is 16.9 Å². The average Bonchev–Trinajstić information content (AvgIpc) is 2.88. The highest BCUT2D eigenvalue weighted by molar-refractivity contribution is 7.57. The molecular weight excluding hydrogens is 337 g/mol. The van der Waals surface area contributed by atoms with Gasteiger partial charge >= 0.3 is 7.60 Å². The second-order valence-electron chi connectivity index (χ2n) is 4.63. The Bertz CT molecular complexity index is 890. The van der Waals surface area contributed by atoms with Gasteiger partial charge in [0.1, 0.15) is 6.33 Å². The van der Waals surface area contributed by atoms with Gasteiger partial charge in [0.05, 0.1) is 13.2 Å². The van der Waals surface area contributed by atoms with E-state index >= 15 is 0 Å². The maximum Gasteiger partial charge on any atom is 0.355 e. The predicted octanol–water partition coefficient (Wildman–Crippen LogP) is 1.53. The Morgan fingerprint density at radius 3 is 2.54 bits per heavy atom. The zero-order valence-electron chi connectivity index (χ0n) is 13.5. The zero-order valence-corrected chi connectivity index (χ0v) is 14.4. The molecule has 0 bridgehead atoms. The van der Waals surface area contributed by atoms with Crippen molar-refractivity contribution in [3.05, 3.63) is 22.5 Å². The normalized spacial score (nSPS) is 12.3. The molecule has 10 nitrogen and oxygen atoms in total. The van der Waals surface area contributed by atoms with Crippen LogP contribution < -0.4 is 11.3 Å². The largest absolute Gasteiger partial charge is 0.369 e. The molecule has 2 N–H and O–H groups in total. The lowest BCUT2D eigenvalue weighted by atomic mass is 10.5. The Hall–Kier alpha value is -2.29. The van der Waals surface area contributed by atoms with Gasteiger partial charge in [-0.1, -0.05) is 0 Å². The van der Waals surface area contributed by atoms with E-state index in [1.165, 1.54) is 29.8 Å². The Morgan fingerprint density at radius 2 is 2.00 bits per heavy atom. The van der Waals surface area contributed by atoms with Crippen LogP contribution in [0.25, 0.3) is 17.4 Å². The first-order valence-electron chi connectivity index (χ1n) is 7.17. The van der Waals surface area contributed by atoms with Gasteiger partial charge in [0.15, 0.2) is 11.2 Å². The van der Waals surface area contributed by atoms with Crippen LogP contribution in [0.1, 0.15) is 25.6 Å². The molecule has 2 aromatic heterocycles. The van der Waals surface area contributed by atoms with Crippen molar-refractivity contribution in [2.75, 3.05) is 18.9 Å². The van der Waals surface area contributed by atoms with Crippen molar-refractivity contribution in [2.24, 2.45) is 0 Å². The molecule has 0 aromatic carbocycles. The summed E-state index contributed by atoms with van der Waals surface area (Å²) in [5.74, 6) is 0.428. The molecule has 24 heavy (non-hydrogen) atoms. The number of aromatic nitrogens is 4. The first-order valence-corrected chi connectivity index (χ1v) is 8.78. The second-order valence-corrected chi connectivity index (χ2v) is 6.52. The third-order valence-electron chi connectivity index (χ3n) is 2.97. The van der Waals surface area contributed by atoms with Gasteiger partial charge in [-0.3, -0.25) is 18.7 Å². The molecule has 11 heteroatoms. The maximum absolute atomic E-state index is 12.4. The highest BCUT2D eigenvalue weighted by Gasteiger charge is 2.20. The highest BCUT2D eigenvalue weighted by Crippen LogP contribution is 2.49. The molecule has 0 aliphatic carbocycles. The molecule has 2 rings (SSSR count). The third kappa shape index (κ3) is 3.45. The molecule has 0 saturated heterocycles. The number of nitrogen functional groups attached to an aromatic ring is 1. The van der Waals surface area contributed by atoms with E-state index in [1.807, 2.05) is 0 Å². The topological polar surface area (TPSA) is 131 Å². The minimum absolute atomic E-state index is 0.0355. The molecule has 0 radical (unpaired) electrons. The second kappa shape index (κ2) is 7.08. The molecule has 0 atom stereocenters. The van der Waals surface area contributed by atoms with Crippen LogP contribution in [0.3, 0.4) is 0 Å². The van der Waals surface area contributed by atoms with Crippen LogP contribution in [-0.4, -0.2) is 38.2 Å². The van der Waals surface area contributed by atoms with Gasteiger partial charge in [-0.15, -0.1) is 0 Å². The summed E-state index contributed by atoms with van der Waals surface area (Å²) in [5, 5.41) is 0. The van der Waals surface area contributed by atoms with Gasteiger partial charge < -0.3 is 14.8 Å². The summed E-state index contributed by atoms with van der Waals surface area (Å²) in [6.45, 7) is 5.00. The van der Waals surface area contributed by atoms with E-state index in [0.717, 1.165) is 4.57 Å². The number of fused-ring (bicyclic) bond motifs is 1. The molecule has 0 aliphatic rings. The monoisotopic (exact) mass is 355 g/mol. The molecule has 0 saturated carbocycles. The maximum atomic E-state index is 12.4. The minimum atomic E-state index is -3.41. The van der Waals surface area contributed by atoms with Gasteiger partial charge in [-0.05, 0) is 13.8 Å². The van der Waals surface area contributed by atoms with Crippen molar-refractivity contribution in [3.63, 3.8) is 0 Å². The Kier molecular flexibility index (Phi) is 5.33. The summed E-state index contributed by atoms with van der Waals surface area (Å²) in [6.07, 6.45) is 2.66. The molecule has 2 heterocycles. The Morgan fingerprint density at radius 1 is 1.38 bits per heavy atom. The molecule has 130 valence electrons. The summed E-state index contributed by atoms with van der Waals surface area (Å²) >= 11 is 0. The molecule has 0 unspecified atom stereocenters. The van der Waals surface area contributed by atoms with Crippen molar-refractivity contribution >= 4 is 36.8 Å². The highest BCUT2D eigenvalue weighted by atomic mass is 31.2. The smallest absolute Gasteiger partial charge is 0.355 e. The summed E-state index contributed by atoms with van der Waals surface area (Å²) < 4.78 is 24.8. The van der Waals surface area contributed by atoms with E-state index < -0.39 is 19.1 Å². The number of nitrogens with zero attached hydrogens (tertiary/aromatic N) is 4. The number of carbonyl (C=O) groups is 1. The van der Waals surface area contributed by atoms with Crippen LogP contribution in [0.2, 0.25) is 0 Å². The van der Waals surface area contributed by atoms with Crippen LogP contribution in [0.4, 0.5) is 5.95 Å². The minimum Gasteiger partial charge on any atom is -0.369 e. The zero-order chi connectivity index (χ0) is 17.9. The Labute approximate surface area is 137 Å². The molecule has 2 aromatic rings. The summed E-state index contributed by atoms with van der Waals surface area (Å²) in [7, 11) is -3.41. The van der Waals surface area contributed by atoms with Gasteiger partial charge in [-0.2, -0.15) is 4.98 Å². The molecule has 0 aliphatic heterocycles. The summed E-state index contributed by atoms with van der Waals surface area (Å²) in [6, 6.07) is 0. The summed E-state index contributed by atoms with van der Waals surface area (Å²) in [5.41, 5.74) is 5.08. The first-order chi connectivity index (χ1) is 11.3. The number of carbonyl (C=O) groups excluding carboxylic acids is 1. The van der Waals surface area contributed by atoms with Gasteiger partial charge in [0.2, 0.25) is 11.9 Å². The van der Waals surface area contributed by atoms with E-state index in [9.17, 15) is 14.2 Å². The quantitative estimate of drug-likeness (QED) is 0.772. The van der Waals surface area contributed by atoms with E-state index in [-0.39, 0.29) is 30.3 Å². The molecule has 0 spiro atoms. The van der Waals surface area contributed by atoms with Crippen molar-refractivity contribution < 1.29 is 18.4 Å². The van der Waals surface area contributed by atoms with Crippen molar-refractivity contribution in [2.45, 2.75) is 20.8 Å². The fraction of sp³-hybridized carbons (Fsp3) is 0.385. The summed E-state index contributed by atoms with van der Waals surface area (Å²) in [4.78, 5) is 31.6. The van der Waals surface area contributed by atoms with Gasteiger partial charge in [-0.25, -0.2) is 9.55 Å². The van der Waals surface area contributed by atoms with E-state index in [4.69, 9.17) is 14.8 Å². The van der Waals surface area contributed by atoms with Crippen molar-refractivity contribution in [1.82, 2.24) is 19.1 Å². The standard InChI is InChI=1S/C13H18N5O5P/c1-4-22-24(21,23-5-2)7-6-17-8-15-10-11(17)16-13(14)18(9(3)19)12(10)20/h6-8H,4-5H2,1-3H3,(H2,14,16)/b7-6-. The van der Waals surface area contributed by atoms with Crippen molar-refractivity contribution in [3.8, 4) is 0 Å². The van der Waals surface area contributed by atoms with Crippen molar-refractivity contribution in [1.29, 1.82) is 0 Å². The lowest BCUT2D eigenvalue weighted by molar-refractivity contribution is 0.0934. The first kappa shape index (κ1) is 18.1. The SMILES string of the molecule is CCOP(=O)(/C=C\n1cnc2c(=O)n(C(C)=O)c(N)nc21)OCC. The molecule has 0 fully saturated rings. The molecular formula is C13H18N5O5P. The average molecular weight is 355 g/mol. The fourth-order valence-corrected chi connectivity index (χ4v) is 3.31. The molecule has 0 amide bonds. The van der Waals surface area contributed by atoms with Gasteiger partial charge in [0, 0.05) is 18.9 Å². The number of hydrogen-bond donors (Lipinski definition) is 1. The van der Waals surface area contributed by atoms with Gasteiger partial charge in [0.25, 0.3) is 5.56 Å². The number of imidazole rings is 1.